The molecular formula is C9H20O2Si. The van der Waals surface area contributed by atoms with Gasteiger partial charge < -0.3 is 0 Å². The van der Waals surface area contributed by atoms with Gasteiger partial charge in [-0.3, -0.25) is 4.58 Å². The van der Waals surface area contributed by atoms with E-state index in [1.807, 2.05) is 0 Å². The van der Waals surface area contributed by atoms with E-state index in [4.69, 9.17) is 9.46 Å². The van der Waals surface area contributed by atoms with Crippen molar-refractivity contribution in [2.45, 2.75) is 45.1 Å². The first-order valence-electron chi connectivity index (χ1n) is 5.03. The topological polar surface area (TPSA) is 18.5 Å². The highest BCUT2D eigenvalue weighted by atomic mass is 28.2. The Morgan fingerprint density at radius 3 is 2.58 bits per heavy atom. The molecule has 0 heterocycles. The van der Waals surface area contributed by atoms with Crippen molar-refractivity contribution in [3.05, 3.63) is 0 Å². The fourth-order valence-electron chi connectivity index (χ4n) is 1.51. The van der Waals surface area contributed by atoms with Gasteiger partial charge in [-0.15, -0.1) is 0 Å². The van der Waals surface area contributed by atoms with E-state index in [9.17, 15) is 0 Å². The first kappa shape index (κ1) is 10.2. The number of hydrogen-bond acceptors (Lipinski definition) is 2. The van der Waals surface area contributed by atoms with Gasteiger partial charge in [0.05, 0.1) is 6.61 Å². The summed E-state index contributed by atoms with van der Waals surface area (Å²) in [5.41, 5.74) is 0.900. The minimum Gasteiger partial charge on any atom is -0.294 e. The molecule has 3 heteroatoms. The summed E-state index contributed by atoms with van der Waals surface area (Å²) >= 11 is 0. The quantitative estimate of drug-likeness (QED) is 0.284. The van der Waals surface area contributed by atoms with Gasteiger partial charge in [-0.25, -0.2) is 4.89 Å². The molecule has 0 N–H and O–H groups in total. The van der Waals surface area contributed by atoms with Crippen molar-refractivity contribution in [3.63, 3.8) is 0 Å². The van der Waals surface area contributed by atoms with Crippen LogP contribution in [-0.4, -0.2) is 16.4 Å². The molecule has 0 bridgehead atoms. The molecule has 0 aliphatic heterocycles. The van der Waals surface area contributed by atoms with E-state index in [0.29, 0.717) is 5.92 Å². The summed E-state index contributed by atoms with van der Waals surface area (Å²) in [6.07, 6.45) is 5.59. The fourth-order valence-corrected chi connectivity index (χ4v) is 2.80. The van der Waals surface area contributed by atoms with Gasteiger partial charge in [0.25, 0.3) is 0 Å². The molecule has 2 nitrogen and oxygen atoms in total. The lowest BCUT2D eigenvalue weighted by Crippen LogP contribution is -2.09. The van der Waals surface area contributed by atoms with E-state index in [0.717, 1.165) is 12.1 Å². The van der Waals surface area contributed by atoms with Crippen LogP contribution in [0.25, 0.3) is 0 Å². The molecule has 72 valence electrons. The van der Waals surface area contributed by atoms with Gasteiger partial charge in [0.2, 0.25) is 9.76 Å². The van der Waals surface area contributed by atoms with Gasteiger partial charge in [-0.05, 0) is 11.5 Å². The van der Waals surface area contributed by atoms with Gasteiger partial charge in [-0.2, -0.15) is 0 Å². The summed E-state index contributed by atoms with van der Waals surface area (Å²) in [5.74, 6) is 0.586. The van der Waals surface area contributed by atoms with Crippen molar-refractivity contribution in [1.82, 2.24) is 0 Å². The van der Waals surface area contributed by atoms with Crippen molar-refractivity contribution in [1.29, 1.82) is 0 Å². The van der Waals surface area contributed by atoms with Crippen LogP contribution in [0, 0.1) is 5.92 Å². The smallest absolute Gasteiger partial charge is 0.211 e. The van der Waals surface area contributed by atoms with Crippen LogP contribution in [0.5, 0.6) is 0 Å². The Bertz CT molecular complexity index is 111. The van der Waals surface area contributed by atoms with Gasteiger partial charge in [0.1, 0.15) is 0 Å². The van der Waals surface area contributed by atoms with E-state index in [1.165, 1.54) is 25.7 Å². The summed E-state index contributed by atoms with van der Waals surface area (Å²) < 4.78 is 5.27. The summed E-state index contributed by atoms with van der Waals surface area (Å²) in [7, 11) is -0.377. The molecule has 0 aromatic carbocycles. The van der Waals surface area contributed by atoms with Crippen molar-refractivity contribution < 1.29 is 9.46 Å². The lowest BCUT2D eigenvalue weighted by molar-refractivity contribution is -0.216. The van der Waals surface area contributed by atoms with Crippen LogP contribution in [-0.2, 0) is 9.46 Å². The average Bonchev–Trinajstić information content (AvgIpc) is 2.49. The Labute approximate surface area is 77.5 Å². The maximum absolute atomic E-state index is 5.27. The van der Waals surface area contributed by atoms with Gasteiger partial charge in [-0.1, -0.05) is 39.5 Å². The summed E-state index contributed by atoms with van der Waals surface area (Å²) in [4.78, 5) is 5.12. The predicted octanol–water partition coefficient (Wildman–Crippen LogP) is 2.04. The molecule has 0 aromatic rings. The molecule has 0 atom stereocenters. The van der Waals surface area contributed by atoms with Crippen molar-refractivity contribution in [2.75, 3.05) is 6.61 Å². The molecule has 1 saturated carbocycles. The minimum atomic E-state index is -0.377. The Kier molecular flexibility index (Phi) is 4.88. The largest absolute Gasteiger partial charge is 0.294 e. The van der Waals surface area contributed by atoms with Crippen LogP contribution in [0.4, 0.5) is 0 Å². The molecule has 1 rings (SSSR count). The van der Waals surface area contributed by atoms with Crippen LogP contribution in [0.15, 0.2) is 0 Å². The molecule has 1 aliphatic rings. The zero-order chi connectivity index (χ0) is 8.81. The molecule has 0 aromatic heterocycles. The maximum Gasteiger partial charge on any atom is 0.211 e. The van der Waals surface area contributed by atoms with Gasteiger partial charge in [0, 0.05) is 0 Å². The number of hydrogen-bond donors (Lipinski definition) is 0. The molecule has 0 radical (unpaired) electrons. The van der Waals surface area contributed by atoms with Gasteiger partial charge >= 0.3 is 0 Å². The highest BCUT2D eigenvalue weighted by molar-refractivity contribution is 6.29. The second-order valence-electron chi connectivity index (χ2n) is 4.11. The summed E-state index contributed by atoms with van der Waals surface area (Å²) in [5, 5.41) is 0. The second-order valence-corrected chi connectivity index (χ2v) is 5.84. The molecule has 0 spiro atoms. The van der Waals surface area contributed by atoms with E-state index in [1.54, 1.807) is 0 Å². The third kappa shape index (κ3) is 4.23. The van der Waals surface area contributed by atoms with Crippen molar-refractivity contribution in [3.8, 4) is 0 Å². The Balaban J connectivity index is 1.88. The molecule has 0 amide bonds. The highest BCUT2D eigenvalue weighted by Gasteiger charge is 2.16. The van der Waals surface area contributed by atoms with E-state index in [2.05, 4.69) is 13.8 Å². The lowest BCUT2D eigenvalue weighted by atomic mass is 10.2. The minimum absolute atomic E-state index is 0.377. The zero-order valence-corrected chi connectivity index (χ0v) is 9.63. The second kappa shape index (κ2) is 5.73. The molecule has 1 aliphatic carbocycles. The molecular weight excluding hydrogens is 168 g/mol. The van der Waals surface area contributed by atoms with Gasteiger partial charge in [0.15, 0.2) is 0 Å². The zero-order valence-electron chi connectivity index (χ0n) is 8.21. The summed E-state index contributed by atoms with van der Waals surface area (Å²) in [6.45, 7) is 5.03. The Hall–Kier alpha value is 0.137. The molecule has 1 fully saturated rings. The fraction of sp³-hybridized carbons (Fsp3) is 1.00. The Morgan fingerprint density at radius 2 is 2.00 bits per heavy atom. The standard InChI is InChI=1S/C9H20O2Si/c1-8(2)7-10-11-12-9-5-3-4-6-9/h8-9H,3-7,12H2,1-2H3. The van der Waals surface area contributed by atoms with E-state index >= 15 is 0 Å². The van der Waals surface area contributed by atoms with Crippen LogP contribution in [0.1, 0.15) is 39.5 Å². The summed E-state index contributed by atoms with van der Waals surface area (Å²) in [6, 6.07) is 0. The Morgan fingerprint density at radius 1 is 1.33 bits per heavy atom. The molecule has 0 saturated heterocycles. The van der Waals surface area contributed by atoms with Crippen LogP contribution < -0.4 is 0 Å². The van der Waals surface area contributed by atoms with E-state index < -0.39 is 0 Å². The van der Waals surface area contributed by atoms with Crippen molar-refractivity contribution in [2.24, 2.45) is 5.92 Å². The van der Waals surface area contributed by atoms with Crippen molar-refractivity contribution >= 4 is 9.76 Å². The predicted molar refractivity (Wildman–Crippen MR) is 52.6 cm³/mol. The monoisotopic (exact) mass is 188 g/mol. The number of rotatable bonds is 5. The third-order valence-corrected chi connectivity index (χ3v) is 3.85. The molecule has 0 unspecified atom stereocenters. The van der Waals surface area contributed by atoms with Crippen LogP contribution in [0.2, 0.25) is 5.54 Å². The lowest BCUT2D eigenvalue weighted by Gasteiger charge is -2.09. The molecule has 12 heavy (non-hydrogen) atoms. The SMILES string of the molecule is CC(C)COO[SiH2]C1CCCC1. The highest BCUT2D eigenvalue weighted by Crippen LogP contribution is 2.29. The first-order chi connectivity index (χ1) is 5.79. The van der Waals surface area contributed by atoms with E-state index in [-0.39, 0.29) is 9.76 Å². The normalized spacial score (nSPS) is 20.2. The van der Waals surface area contributed by atoms with Crippen LogP contribution in [0.3, 0.4) is 0 Å². The van der Waals surface area contributed by atoms with Crippen LogP contribution >= 0.6 is 0 Å². The maximum atomic E-state index is 5.27. The third-order valence-electron chi connectivity index (χ3n) is 2.26. The first-order valence-corrected chi connectivity index (χ1v) is 6.43. The average molecular weight is 188 g/mol.